The number of ether oxygens (including phenoxy) is 1. The van der Waals surface area contributed by atoms with Crippen molar-refractivity contribution >= 4 is 27.9 Å². The Kier molecular flexibility index (Phi) is 4.41. The number of thiazole rings is 1. The van der Waals surface area contributed by atoms with E-state index in [-0.39, 0.29) is 5.91 Å². The maximum absolute atomic E-state index is 12.6. The summed E-state index contributed by atoms with van der Waals surface area (Å²) in [4.78, 5) is 18.1. The molecule has 1 unspecified atom stereocenters. The highest BCUT2D eigenvalue weighted by Gasteiger charge is 2.17. The minimum Gasteiger partial charge on any atom is -0.481 e. The zero-order valence-corrected chi connectivity index (χ0v) is 14.9. The predicted octanol–water partition coefficient (Wildman–Crippen LogP) is 4.47. The summed E-state index contributed by atoms with van der Waals surface area (Å²) < 4.78 is 7.67. The number of nitrogens with one attached hydrogen (secondary N) is 1. The van der Waals surface area contributed by atoms with Crippen LogP contribution in [-0.4, -0.2) is 21.4 Å². The summed E-state index contributed by atoms with van der Waals surface area (Å²) in [6, 6.07) is 17.0. The summed E-state index contributed by atoms with van der Waals surface area (Å²) in [7, 11) is 0. The summed E-state index contributed by atoms with van der Waals surface area (Å²) in [6.45, 7) is 1.73. The van der Waals surface area contributed by atoms with E-state index in [0.29, 0.717) is 11.4 Å². The van der Waals surface area contributed by atoms with E-state index in [1.165, 1.54) is 0 Å². The fourth-order valence-electron chi connectivity index (χ4n) is 2.66. The van der Waals surface area contributed by atoms with Crippen LogP contribution >= 0.6 is 11.3 Å². The third kappa shape index (κ3) is 3.32. The number of benzene rings is 2. The van der Waals surface area contributed by atoms with Crippen LogP contribution < -0.4 is 10.1 Å². The number of rotatable bonds is 5. The number of nitrogens with zero attached hydrogens (tertiary/aromatic N) is 2. The number of hydrogen-bond donors (Lipinski definition) is 1. The van der Waals surface area contributed by atoms with Crippen LogP contribution in [0.5, 0.6) is 5.75 Å². The lowest BCUT2D eigenvalue weighted by Crippen LogP contribution is -2.30. The van der Waals surface area contributed by atoms with Gasteiger partial charge in [-0.1, -0.05) is 36.4 Å². The van der Waals surface area contributed by atoms with Crippen molar-refractivity contribution in [1.29, 1.82) is 0 Å². The molecule has 2 aromatic heterocycles. The fourth-order valence-corrected chi connectivity index (χ4v) is 3.36. The number of hydrogen-bond acceptors (Lipinski definition) is 4. The van der Waals surface area contributed by atoms with Crippen LogP contribution in [0.2, 0.25) is 0 Å². The fraction of sp³-hybridized carbons (Fsp3) is 0.100. The Morgan fingerprint density at radius 2 is 1.92 bits per heavy atom. The number of carbonyl (C=O) groups excluding carboxylic acids is 1. The van der Waals surface area contributed by atoms with E-state index in [4.69, 9.17) is 4.74 Å². The van der Waals surface area contributed by atoms with E-state index in [9.17, 15) is 4.79 Å². The van der Waals surface area contributed by atoms with Gasteiger partial charge < -0.3 is 10.1 Å². The van der Waals surface area contributed by atoms with E-state index in [1.807, 2.05) is 76.8 Å². The molecule has 5 nitrogen and oxygen atoms in total. The minimum absolute atomic E-state index is 0.206. The molecule has 1 amide bonds. The topological polar surface area (TPSA) is 55.6 Å². The molecule has 0 aliphatic heterocycles. The number of aromatic nitrogens is 2. The van der Waals surface area contributed by atoms with Crippen LogP contribution in [0, 0.1) is 0 Å². The molecule has 1 atom stereocenters. The second-order valence-electron chi connectivity index (χ2n) is 5.83. The van der Waals surface area contributed by atoms with E-state index in [1.54, 1.807) is 18.3 Å². The molecule has 26 heavy (non-hydrogen) atoms. The van der Waals surface area contributed by atoms with Crippen LogP contribution in [0.25, 0.3) is 16.2 Å². The zero-order valence-electron chi connectivity index (χ0n) is 14.1. The van der Waals surface area contributed by atoms with Gasteiger partial charge in [0.05, 0.1) is 11.4 Å². The van der Waals surface area contributed by atoms with E-state index in [2.05, 4.69) is 10.3 Å². The SMILES string of the molecule is CC(Oc1ccccc1)C(=O)Nc1ccccc1-c1cn2ccsc2n1. The van der Waals surface area contributed by atoms with Crippen molar-refractivity contribution in [2.45, 2.75) is 13.0 Å². The molecule has 0 aliphatic rings. The number of carbonyl (C=O) groups is 1. The van der Waals surface area contributed by atoms with Crippen molar-refractivity contribution in [3.05, 3.63) is 72.4 Å². The highest BCUT2D eigenvalue weighted by molar-refractivity contribution is 7.15. The Labute approximate surface area is 154 Å². The maximum atomic E-state index is 12.6. The first-order valence-electron chi connectivity index (χ1n) is 8.25. The second kappa shape index (κ2) is 7.01. The molecule has 0 aliphatic carbocycles. The maximum Gasteiger partial charge on any atom is 0.265 e. The minimum atomic E-state index is -0.615. The van der Waals surface area contributed by atoms with Gasteiger partial charge in [0.1, 0.15) is 5.75 Å². The van der Waals surface area contributed by atoms with Crippen molar-refractivity contribution in [2.24, 2.45) is 0 Å². The van der Waals surface area contributed by atoms with Crippen molar-refractivity contribution in [3.8, 4) is 17.0 Å². The molecule has 0 spiro atoms. The first-order chi connectivity index (χ1) is 12.7. The van der Waals surface area contributed by atoms with Gasteiger partial charge in [0.15, 0.2) is 11.1 Å². The third-order valence-corrected chi connectivity index (χ3v) is 4.75. The van der Waals surface area contributed by atoms with Gasteiger partial charge in [0, 0.05) is 23.3 Å². The Morgan fingerprint density at radius 3 is 2.73 bits per heavy atom. The quantitative estimate of drug-likeness (QED) is 0.569. The van der Waals surface area contributed by atoms with Gasteiger partial charge in [-0.2, -0.15) is 0 Å². The molecule has 0 saturated heterocycles. The monoisotopic (exact) mass is 363 g/mol. The molecule has 6 heteroatoms. The highest BCUT2D eigenvalue weighted by atomic mass is 32.1. The largest absolute Gasteiger partial charge is 0.481 e. The molecule has 0 saturated carbocycles. The predicted molar refractivity (Wildman–Crippen MR) is 104 cm³/mol. The first-order valence-corrected chi connectivity index (χ1v) is 9.13. The highest BCUT2D eigenvalue weighted by Crippen LogP contribution is 2.28. The van der Waals surface area contributed by atoms with Gasteiger partial charge in [-0.15, -0.1) is 11.3 Å². The van der Waals surface area contributed by atoms with Gasteiger partial charge in [0.25, 0.3) is 5.91 Å². The number of anilines is 1. The Morgan fingerprint density at radius 1 is 1.15 bits per heavy atom. The van der Waals surface area contributed by atoms with Gasteiger partial charge in [-0.25, -0.2) is 4.98 Å². The molecule has 2 heterocycles. The molecule has 0 bridgehead atoms. The second-order valence-corrected chi connectivity index (χ2v) is 6.70. The van der Waals surface area contributed by atoms with Crippen LogP contribution in [0.3, 0.4) is 0 Å². The Hall–Kier alpha value is -3.12. The van der Waals surface area contributed by atoms with Crippen molar-refractivity contribution in [2.75, 3.05) is 5.32 Å². The lowest BCUT2D eigenvalue weighted by Gasteiger charge is -2.16. The van der Waals surface area contributed by atoms with Gasteiger partial charge in [-0.05, 0) is 25.1 Å². The third-order valence-electron chi connectivity index (χ3n) is 3.98. The molecule has 0 fully saturated rings. The van der Waals surface area contributed by atoms with Crippen LogP contribution in [0.4, 0.5) is 5.69 Å². The van der Waals surface area contributed by atoms with E-state index < -0.39 is 6.10 Å². The van der Waals surface area contributed by atoms with E-state index in [0.717, 1.165) is 16.2 Å². The lowest BCUT2D eigenvalue weighted by molar-refractivity contribution is -0.122. The van der Waals surface area contributed by atoms with Crippen LogP contribution in [0.1, 0.15) is 6.92 Å². The summed E-state index contributed by atoms with van der Waals surface area (Å²) in [5.74, 6) is 0.458. The number of imidazole rings is 1. The average molecular weight is 363 g/mol. The zero-order chi connectivity index (χ0) is 17.9. The molecule has 2 aromatic carbocycles. The van der Waals surface area contributed by atoms with E-state index >= 15 is 0 Å². The van der Waals surface area contributed by atoms with Crippen molar-refractivity contribution in [1.82, 2.24) is 9.38 Å². The standard InChI is InChI=1S/C20H17N3O2S/c1-14(25-15-7-3-2-4-8-15)19(24)21-17-10-6-5-9-16(17)18-13-23-11-12-26-20(23)22-18/h2-14H,1H3,(H,21,24). The summed E-state index contributed by atoms with van der Waals surface area (Å²) >= 11 is 1.57. The van der Waals surface area contributed by atoms with Crippen molar-refractivity contribution < 1.29 is 9.53 Å². The Bertz CT molecular complexity index is 1010. The molecule has 0 radical (unpaired) electrons. The average Bonchev–Trinajstić information content (AvgIpc) is 3.25. The van der Waals surface area contributed by atoms with Gasteiger partial charge in [0.2, 0.25) is 0 Å². The Balaban J connectivity index is 1.54. The summed E-state index contributed by atoms with van der Waals surface area (Å²) in [5.41, 5.74) is 2.42. The van der Waals surface area contributed by atoms with Crippen LogP contribution in [-0.2, 0) is 4.79 Å². The van der Waals surface area contributed by atoms with Gasteiger partial charge >= 0.3 is 0 Å². The molecule has 1 N–H and O–H groups in total. The number of para-hydroxylation sites is 2. The van der Waals surface area contributed by atoms with Crippen molar-refractivity contribution in [3.63, 3.8) is 0 Å². The number of amides is 1. The lowest BCUT2D eigenvalue weighted by atomic mass is 10.1. The summed E-state index contributed by atoms with van der Waals surface area (Å²) in [5, 5.41) is 4.94. The molecule has 4 rings (SSSR count). The molecular weight excluding hydrogens is 346 g/mol. The first kappa shape index (κ1) is 16.4. The smallest absolute Gasteiger partial charge is 0.265 e. The van der Waals surface area contributed by atoms with Gasteiger partial charge in [-0.3, -0.25) is 9.20 Å². The molecular formula is C20H17N3O2S. The number of fused-ring (bicyclic) bond motifs is 1. The molecule has 130 valence electrons. The summed E-state index contributed by atoms with van der Waals surface area (Å²) in [6.07, 6.45) is 3.31. The van der Waals surface area contributed by atoms with Crippen LogP contribution in [0.15, 0.2) is 72.4 Å². The normalized spacial score (nSPS) is 12.0. The molecule has 4 aromatic rings.